The summed E-state index contributed by atoms with van der Waals surface area (Å²) in [5.41, 5.74) is 1.99. The van der Waals surface area contributed by atoms with Gasteiger partial charge in [0.05, 0.1) is 6.54 Å². The smallest absolute Gasteiger partial charge is 0.213 e. The SMILES string of the molecule is O=C1CCCc2cn(Cc3ncon3)cc21. The van der Waals surface area contributed by atoms with E-state index in [1.807, 2.05) is 17.0 Å². The Kier molecular flexibility index (Phi) is 2.09. The molecule has 3 rings (SSSR count). The van der Waals surface area contributed by atoms with Crippen LogP contribution in [0.4, 0.5) is 0 Å². The Balaban J connectivity index is 1.89. The Labute approximate surface area is 92.1 Å². The van der Waals surface area contributed by atoms with Crippen LogP contribution in [-0.2, 0) is 13.0 Å². The van der Waals surface area contributed by atoms with Crippen LogP contribution in [0, 0.1) is 0 Å². The minimum absolute atomic E-state index is 0.244. The zero-order chi connectivity index (χ0) is 11.0. The number of Topliss-reactive ketones (excluding diaryl/α,β-unsaturated/α-hetero) is 1. The van der Waals surface area contributed by atoms with E-state index in [9.17, 15) is 4.79 Å². The average Bonchev–Trinajstić information content (AvgIpc) is 2.88. The van der Waals surface area contributed by atoms with Crippen LogP contribution in [0.25, 0.3) is 0 Å². The highest BCUT2D eigenvalue weighted by atomic mass is 16.5. The van der Waals surface area contributed by atoms with Crippen molar-refractivity contribution in [3.63, 3.8) is 0 Å². The molecular formula is C11H11N3O2. The molecule has 0 amide bonds. The molecule has 5 heteroatoms. The van der Waals surface area contributed by atoms with Crippen LogP contribution in [0.2, 0.25) is 0 Å². The third-order valence-corrected chi connectivity index (χ3v) is 2.84. The fourth-order valence-corrected chi connectivity index (χ4v) is 2.10. The first-order chi connectivity index (χ1) is 7.83. The van der Waals surface area contributed by atoms with Gasteiger partial charge in [0, 0.05) is 24.4 Å². The van der Waals surface area contributed by atoms with Gasteiger partial charge in [-0.15, -0.1) is 0 Å². The summed E-state index contributed by atoms with van der Waals surface area (Å²) in [4.78, 5) is 15.6. The molecule has 2 aromatic heterocycles. The summed E-state index contributed by atoms with van der Waals surface area (Å²) in [5, 5.41) is 3.74. The summed E-state index contributed by atoms with van der Waals surface area (Å²) in [6.45, 7) is 0.552. The van der Waals surface area contributed by atoms with Gasteiger partial charge in [0.2, 0.25) is 6.39 Å². The van der Waals surface area contributed by atoms with Crippen molar-refractivity contribution in [1.82, 2.24) is 14.7 Å². The van der Waals surface area contributed by atoms with E-state index >= 15 is 0 Å². The fourth-order valence-electron chi connectivity index (χ4n) is 2.10. The van der Waals surface area contributed by atoms with E-state index in [0.29, 0.717) is 18.8 Å². The second-order valence-electron chi connectivity index (χ2n) is 3.99. The van der Waals surface area contributed by atoms with Crippen LogP contribution in [0.15, 0.2) is 23.3 Å². The Morgan fingerprint density at radius 2 is 2.31 bits per heavy atom. The number of carbonyl (C=O) groups is 1. The molecule has 16 heavy (non-hydrogen) atoms. The molecule has 0 N–H and O–H groups in total. The molecule has 0 aromatic carbocycles. The second kappa shape index (κ2) is 3.59. The minimum atomic E-state index is 0.244. The van der Waals surface area contributed by atoms with Gasteiger partial charge in [-0.25, -0.2) is 0 Å². The molecule has 0 saturated heterocycles. The molecule has 82 valence electrons. The van der Waals surface area contributed by atoms with Gasteiger partial charge in [-0.2, -0.15) is 4.98 Å². The van der Waals surface area contributed by atoms with Crippen molar-refractivity contribution in [1.29, 1.82) is 0 Å². The van der Waals surface area contributed by atoms with Crippen LogP contribution < -0.4 is 0 Å². The lowest BCUT2D eigenvalue weighted by atomic mass is 9.95. The number of carbonyl (C=O) groups excluding carboxylic acids is 1. The number of rotatable bonds is 2. The molecule has 0 fully saturated rings. The van der Waals surface area contributed by atoms with Crippen molar-refractivity contribution in [2.24, 2.45) is 0 Å². The number of ketones is 1. The largest absolute Gasteiger partial charge is 0.346 e. The molecule has 1 aliphatic rings. The number of fused-ring (bicyclic) bond motifs is 1. The standard InChI is InChI=1S/C11H11N3O2/c15-10-3-1-2-8-4-14(5-9(8)10)6-11-12-7-16-13-11/h4-5,7H,1-3,6H2. The molecule has 0 unspecified atom stereocenters. The summed E-state index contributed by atoms with van der Waals surface area (Å²) in [6, 6.07) is 0. The molecule has 1 aliphatic carbocycles. The third kappa shape index (κ3) is 1.54. The molecule has 0 spiro atoms. The van der Waals surface area contributed by atoms with Gasteiger partial charge in [0.25, 0.3) is 0 Å². The van der Waals surface area contributed by atoms with Gasteiger partial charge in [-0.1, -0.05) is 5.16 Å². The maximum absolute atomic E-state index is 11.6. The van der Waals surface area contributed by atoms with Crippen molar-refractivity contribution in [2.75, 3.05) is 0 Å². The maximum atomic E-state index is 11.6. The van der Waals surface area contributed by atoms with Gasteiger partial charge in [-0.05, 0) is 18.4 Å². The lowest BCUT2D eigenvalue weighted by Crippen LogP contribution is -2.07. The van der Waals surface area contributed by atoms with E-state index in [-0.39, 0.29) is 5.78 Å². The topological polar surface area (TPSA) is 60.9 Å². The summed E-state index contributed by atoms with van der Waals surface area (Å²) < 4.78 is 6.61. The molecule has 0 atom stereocenters. The van der Waals surface area contributed by atoms with Gasteiger partial charge < -0.3 is 9.09 Å². The number of hydrogen-bond acceptors (Lipinski definition) is 4. The zero-order valence-corrected chi connectivity index (χ0v) is 8.72. The lowest BCUT2D eigenvalue weighted by molar-refractivity contribution is 0.0973. The molecule has 2 aromatic rings. The molecule has 0 aliphatic heterocycles. The summed E-state index contributed by atoms with van der Waals surface area (Å²) in [7, 11) is 0. The van der Waals surface area contributed by atoms with Crippen molar-refractivity contribution >= 4 is 5.78 Å². The van der Waals surface area contributed by atoms with E-state index in [1.165, 1.54) is 6.39 Å². The van der Waals surface area contributed by atoms with Crippen LogP contribution in [0.3, 0.4) is 0 Å². The molecule has 0 radical (unpaired) electrons. The van der Waals surface area contributed by atoms with E-state index in [0.717, 1.165) is 24.0 Å². The van der Waals surface area contributed by atoms with Crippen LogP contribution in [0.5, 0.6) is 0 Å². The van der Waals surface area contributed by atoms with Gasteiger partial charge >= 0.3 is 0 Å². The zero-order valence-electron chi connectivity index (χ0n) is 8.72. The average molecular weight is 217 g/mol. The minimum Gasteiger partial charge on any atom is -0.346 e. The van der Waals surface area contributed by atoms with Crippen molar-refractivity contribution in [3.05, 3.63) is 35.7 Å². The Hall–Kier alpha value is -1.91. The Bertz CT molecular complexity index is 513. The Morgan fingerprint density at radius 3 is 3.06 bits per heavy atom. The summed E-state index contributed by atoms with van der Waals surface area (Å²) in [6.07, 6.45) is 7.80. The number of aromatic nitrogens is 3. The monoisotopic (exact) mass is 217 g/mol. The highest BCUT2D eigenvalue weighted by Crippen LogP contribution is 2.22. The van der Waals surface area contributed by atoms with Gasteiger partial charge in [0.15, 0.2) is 11.6 Å². The number of aryl methyl sites for hydroxylation is 1. The predicted octanol–water partition coefficient (Wildman–Crippen LogP) is 1.44. The first-order valence-electron chi connectivity index (χ1n) is 5.30. The predicted molar refractivity (Wildman–Crippen MR) is 55.1 cm³/mol. The first-order valence-corrected chi connectivity index (χ1v) is 5.30. The van der Waals surface area contributed by atoms with E-state index in [4.69, 9.17) is 0 Å². The van der Waals surface area contributed by atoms with Gasteiger partial charge in [-0.3, -0.25) is 4.79 Å². The van der Waals surface area contributed by atoms with E-state index < -0.39 is 0 Å². The fraction of sp³-hybridized carbons (Fsp3) is 0.364. The first kappa shape index (κ1) is 9.33. The molecular weight excluding hydrogens is 206 g/mol. The van der Waals surface area contributed by atoms with Crippen LogP contribution in [0.1, 0.15) is 34.6 Å². The third-order valence-electron chi connectivity index (χ3n) is 2.84. The lowest BCUT2D eigenvalue weighted by Gasteiger charge is -2.07. The molecule has 2 heterocycles. The van der Waals surface area contributed by atoms with Crippen LogP contribution in [-0.4, -0.2) is 20.5 Å². The van der Waals surface area contributed by atoms with Crippen molar-refractivity contribution < 1.29 is 9.32 Å². The Morgan fingerprint density at radius 1 is 1.38 bits per heavy atom. The summed E-state index contributed by atoms with van der Waals surface area (Å²) >= 11 is 0. The van der Waals surface area contributed by atoms with E-state index in [2.05, 4.69) is 14.7 Å². The summed E-state index contributed by atoms with van der Waals surface area (Å²) in [5.74, 6) is 0.868. The highest BCUT2D eigenvalue weighted by molar-refractivity contribution is 5.98. The van der Waals surface area contributed by atoms with Crippen molar-refractivity contribution in [2.45, 2.75) is 25.8 Å². The second-order valence-corrected chi connectivity index (χ2v) is 3.99. The molecule has 5 nitrogen and oxygen atoms in total. The van der Waals surface area contributed by atoms with Crippen molar-refractivity contribution in [3.8, 4) is 0 Å². The van der Waals surface area contributed by atoms with E-state index in [1.54, 1.807) is 0 Å². The molecule has 0 saturated carbocycles. The normalized spacial score (nSPS) is 15.1. The highest BCUT2D eigenvalue weighted by Gasteiger charge is 2.19. The maximum Gasteiger partial charge on any atom is 0.213 e. The van der Waals surface area contributed by atoms with Gasteiger partial charge in [0.1, 0.15) is 0 Å². The molecule has 0 bridgehead atoms. The number of hydrogen-bond donors (Lipinski definition) is 0. The number of nitrogens with zero attached hydrogens (tertiary/aromatic N) is 3. The quantitative estimate of drug-likeness (QED) is 0.763. The van der Waals surface area contributed by atoms with Crippen LogP contribution >= 0.6 is 0 Å².